The molecule has 0 unspecified atom stereocenters. The lowest BCUT2D eigenvalue weighted by molar-refractivity contribution is 0.413. The maximum atomic E-state index is 11.9. The smallest absolute Gasteiger partial charge is 0.266 e. The van der Waals surface area contributed by atoms with Crippen LogP contribution < -0.4 is 10.5 Å². The Balaban J connectivity index is 0.000000324. The maximum absolute atomic E-state index is 11.9. The number of hydrogen-bond acceptors (Lipinski definition) is 11. The highest BCUT2D eigenvalue weighted by Crippen LogP contribution is 2.17. The van der Waals surface area contributed by atoms with E-state index in [0.29, 0.717) is 29.0 Å². The van der Waals surface area contributed by atoms with Gasteiger partial charge in [0.05, 0.1) is 0 Å². The zero-order valence-corrected chi connectivity index (χ0v) is 25.8. The number of nitrogens with one attached hydrogen (secondary N) is 1. The second-order valence-electron chi connectivity index (χ2n) is 7.63. The second-order valence-corrected chi connectivity index (χ2v) is 12.7. The lowest BCUT2D eigenvalue weighted by Gasteiger charge is -2.05. The normalized spacial score (nSPS) is 10.9. The molecule has 0 saturated heterocycles. The topological polar surface area (TPSA) is 184 Å². The van der Waals surface area contributed by atoms with Crippen molar-refractivity contribution in [3.05, 3.63) is 82.0 Å². The van der Waals surface area contributed by atoms with Crippen LogP contribution in [0.25, 0.3) is 0 Å². The first kappa shape index (κ1) is 35.7. The van der Waals surface area contributed by atoms with Crippen LogP contribution in [0.5, 0.6) is 0 Å². The lowest BCUT2D eigenvalue weighted by Crippen LogP contribution is -2.26. The van der Waals surface area contributed by atoms with Gasteiger partial charge in [0, 0.05) is 29.6 Å². The average Bonchev–Trinajstić information content (AvgIpc) is 3.51. The summed E-state index contributed by atoms with van der Waals surface area (Å²) in [5, 5.41) is 7.82. The minimum atomic E-state index is -3.67. The maximum Gasteiger partial charge on any atom is 0.266 e. The molecule has 4 aromatic heterocycles. The molecular formula is C22H26Cl4N6O6S2. The van der Waals surface area contributed by atoms with E-state index in [1.54, 1.807) is 37.5 Å². The molecule has 0 atom stereocenters. The molecule has 0 aliphatic rings. The van der Waals surface area contributed by atoms with E-state index in [9.17, 15) is 16.8 Å². The van der Waals surface area contributed by atoms with E-state index in [1.807, 2.05) is 6.07 Å². The SMILES string of the molecule is Cc1nocc1S(=O)(=O)Cl.Cc1nocc1S(=O)(=O)NCCc1ccc(Cl)nc1.Cl.NCCc1ccc(Cl)nc1. The number of hydrogen-bond donors (Lipinski definition) is 2. The number of sulfonamides is 1. The number of halogens is 4. The van der Waals surface area contributed by atoms with Gasteiger partial charge >= 0.3 is 0 Å². The molecule has 0 aliphatic carbocycles. The Bertz CT molecular complexity index is 1530. The summed E-state index contributed by atoms with van der Waals surface area (Å²) in [6.07, 6.45) is 6.85. The number of nitrogens with two attached hydrogens (primary N) is 1. The van der Waals surface area contributed by atoms with Crippen molar-refractivity contribution in [1.29, 1.82) is 0 Å². The summed E-state index contributed by atoms with van der Waals surface area (Å²) in [5.74, 6) is 0. The molecule has 4 rings (SSSR count). The molecule has 0 saturated carbocycles. The van der Waals surface area contributed by atoms with Crippen molar-refractivity contribution < 1.29 is 25.9 Å². The summed E-state index contributed by atoms with van der Waals surface area (Å²) in [4.78, 5) is 7.81. The standard InChI is InChI=1S/C11H12ClN3O3S.C7H9ClN2.C4H4ClNO3S.ClH/c1-8-10(7-18-15-8)19(16,17)14-5-4-9-2-3-11(12)13-6-9;8-7-2-1-6(3-4-9)5-10-7;1-3-4(2-9-6-3)10(5,7)8;/h2-3,6-7,14H,4-5H2,1H3;1-2,5H,3-4,9H2;2H,1H3;1H. The Morgan fingerprint density at radius 3 is 1.65 bits per heavy atom. The molecule has 12 nitrogen and oxygen atoms in total. The number of nitrogens with zero attached hydrogens (tertiary/aromatic N) is 4. The summed E-state index contributed by atoms with van der Waals surface area (Å²) in [5.41, 5.74) is 7.97. The summed E-state index contributed by atoms with van der Waals surface area (Å²) < 4.78 is 56.4. The third-order valence-corrected chi connectivity index (χ3v) is 8.10. The Morgan fingerprint density at radius 1 is 0.825 bits per heavy atom. The minimum absolute atomic E-state index is 0. The Hall–Kier alpha value is -2.30. The predicted molar refractivity (Wildman–Crippen MR) is 153 cm³/mol. The van der Waals surface area contributed by atoms with Crippen molar-refractivity contribution in [2.75, 3.05) is 13.1 Å². The zero-order chi connectivity index (χ0) is 29.1. The Kier molecular flexibility index (Phi) is 15.0. The van der Waals surface area contributed by atoms with E-state index in [-0.39, 0.29) is 34.4 Å². The lowest BCUT2D eigenvalue weighted by atomic mass is 10.2. The van der Waals surface area contributed by atoms with Crippen molar-refractivity contribution >= 4 is 65.4 Å². The largest absolute Gasteiger partial charge is 0.363 e. The van der Waals surface area contributed by atoms with E-state index in [0.717, 1.165) is 30.1 Å². The first-order valence-corrected chi connectivity index (χ1v) is 15.6. The van der Waals surface area contributed by atoms with Gasteiger partial charge in [0.15, 0.2) is 0 Å². The van der Waals surface area contributed by atoms with Gasteiger partial charge in [-0.05, 0) is 56.5 Å². The minimum Gasteiger partial charge on any atom is -0.363 e. The number of aromatic nitrogens is 4. The summed E-state index contributed by atoms with van der Waals surface area (Å²) >= 11 is 11.2. The van der Waals surface area contributed by atoms with Crippen molar-refractivity contribution in [3.8, 4) is 0 Å². The molecule has 0 bridgehead atoms. The van der Waals surface area contributed by atoms with Gasteiger partial charge in [-0.3, -0.25) is 0 Å². The van der Waals surface area contributed by atoms with Gasteiger partial charge < -0.3 is 14.8 Å². The molecule has 0 spiro atoms. The van der Waals surface area contributed by atoms with E-state index in [4.69, 9.17) is 39.6 Å². The molecular weight excluding hydrogens is 650 g/mol. The highest BCUT2D eigenvalue weighted by molar-refractivity contribution is 8.13. The Labute approximate surface area is 252 Å². The number of pyridine rings is 2. The van der Waals surface area contributed by atoms with Gasteiger partial charge in [-0.25, -0.2) is 31.5 Å². The van der Waals surface area contributed by atoms with Crippen LogP contribution in [0, 0.1) is 13.8 Å². The van der Waals surface area contributed by atoms with Gasteiger partial charge in [-0.15, -0.1) is 12.4 Å². The molecule has 0 fully saturated rings. The molecule has 0 radical (unpaired) electrons. The first-order valence-electron chi connectivity index (χ1n) is 11.0. The van der Waals surface area contributed by atoms with Crippen molar-refractivity contribution in [2.24, 2.45) is 5.73 Å². The number of rotatable bonds is 8. The third-order valence-electron chi connectivity index (χ3n) is 4.68. The molecule has 3 N–H and O–H groups in total. The molecule has 0 amide bonds. The van der Waals surface area contributed by atoms with E-state index in [1.165, 1.54) is 6.92 Å². The van der Waals surface area contributed by atoms with E-state index >= 15 is 0 Å². The average molecular weight is 676 g/mol. The van der Waals surface area contributed by atoms with Crippen LogP contribution >= 0.6 is 46.3 Å². The van der Waals surface area contributed by atoms with Crippen molar-refractivity contribution in [1.82, 2.24) is 25.0 Å². The quantitative estimate of drug-likeness (QED) is 0.202. The van der Waals surface area contributed by atoms with Crippen LogP contribution in [-0.2, 0) is 31.9 Å². The van der Waals surface area contributed by atoms with Crippen LogP contribution in [-0.4, -0.2) is 50.2 Å². The summed E-state index contributed by atoms with van der Waals surface area (Å²) in [7, 11) is -2.28. The fourth-order valence-corrected chi connectivity index (χ4v) is 5.08. The third kappa shape index (κ3) is 12.1. The van der Waals surface area contributed by atoms with Crippen molar-refractivity contribution in [3.63, 3.8) is 0 Å². The fraction of sp³-hybridized carbons (Fsp3) is 0.273. The fourth-order valence-electron chi connectivity index (χ4n) is 2.74. The van der Waals surface area contributed by atoms with E-state index in [2.05, 4.69) is 34.0 Å². The zero-order valence-electron chi connectivity index (χ0n) is 21.1. The van der Waals surface area contributed by atoms with Crippen LogP contribution in [0.15, 0.2) is 68.0 Å². The molecule has 40 heavy (non-hydrogen) atoms. The monoisotopic (exact) mass is 674 g/mol. The number of aryl methyl sites for hydroxylation is 2. The van der Waals surface area contributed by atoms with Crippen LogP contribution in [0.4, 0.5) is 0 Å². The highest BCUT2D eigenvalue weighted by Gasteiger charge is 2.19. The highest BCUT2D eigenvalue weighted by atomic mass is 35.7. The molecule has 4 aromatic rings. The van der Waals surface area contributed by atoms with Crippen LogP contribution in [0.2, 0.25) is 10.3 Å². The van der Waals surface area contributed by atoms with Gasteiger partial charge in [-0.1, -0.05) is 45.6 Å². The second kappa shape index (κ2) is 16.8. The Morgan fingerprint density at radius 2 is 1.30 bits per heavy atom. The van der Waals surface area contributed by atoms with Gasteiger partial charge in [0.2, 0.25) is 10.0 Å². The summed E-state index contributed by atoms with van der Waals surface area (Å²) in [6.45, 7) is 3.99. The van der Waals surface area contributed by atoms with Crippen molar-refractivity contribution in [2.45, 2.75) is 36.5 Å². The summed E-state index contributed by atoms with van der Waals surface area (Å²) in [6, 6.07) is 7.17. The van der Waals surface area contributed by atoms with Gasteiger partial charge in [-0.2, -0.15) is 0 Å². The van der Waals surface area contributed by atoms with Gasteiger partial charge in [0.1, 0.15) is 44.0 Å². The van der Waals surface area contributed by atoms with Crippen LogP contribution in [0.3, 0.4) is 0 Å². The molecule has 0 aliphatic heterocycles. The molecule has 0 aromatic carbocycles. The molecule has 4 heterocycles. The van der Waals surface area contributed by atoms with Gasteiger partial charge in [0.25, 0.3) is 9.05 Å². The molecule has 220 valence electrons. The molecule has 18 heteroatoms. The first-order chi connectivity index (χ1) is 18.3. The van der Waals surface area contributed by atoms with Crippen LogP contribution in [0.1, 0.15) is 22.5 Å². The van der Waals surface area contributed by atoms with E-state index < -0.39 is 19.1 Å². The predicted octanol–water partition coefficient (Wildman–Crippen LogP) is 4.12.